The van der Waals surface area contributed by atoms with E-state index >= 15 is 0 Å². The Morgan fingerprint density at radius 1 is 1.53 bits per heavy atom. The Morgan fingerprint density at radius 3 is 2.79 bits per heavy atom. The van der Waals surface area contributed by atoms with E-state index in [0.29, 0.717) is 6.54 Å². The zero-order valence-electron chi connectivity index (χ0n) is 9.92. The average Bonchev–Trinajstić information content (AvgIpc) is 2.77. The minimum Gasteiger partial charge on any atom is -0.423 e. The van der Waals surface area contributed by atoms with Gasteiger partial charge in [-0.2, -0.15) is 0 Å². The van der Waals surface area contributed by atoms with Gasteiger partial charge in [-0.1, -0.05) is 5.11 Å². The fourth-order valence-electron chi connectivity index (χ4n) is 1.85. The molecule has 2 N–H and O–H groups in total. The lowest BCUT2D eigenvalue weighted by molar-refractivity contribution is -0.117. The quantitative estimate of drug-likeness (QED) is 0.304. The van der Waals surface area contributed by atoms with Crippen LogP contribution in [0.2, 0.25) is 0 Å². The first-order chi connectivity index (χ1) is 9.11. The third-order valence-electron chi connectivity index (χ3n) is 2.81. The van der Waals surface area contributed by atoms with E-state index in [9.17, 15) is 4.79 Å². The van der Waals surface area contributed by atoms with E-state index in [2.05, 4.69) is 20.0 Å². The van der Waals surface area contributed by atoms with Crippen LogP contribution >= 0.6 is 0 Å². The van der Waals surface area contributed by atoms with Crippen LogP contribution in [-0.4, -0.2) is 46.1 Å². The van der Waals surface area contributed by atoms with Crippen molar-refractivity contribution in [3.63, 3.8) is 0 Å². The van der Waals surface area contributed by atoms with Crippen LogP contribution in [-0.2, 0) is 4.79 Å². The minimum absolute atomic E-state index is 0.0462. The van der Waals surface area contributed by atoms with Gasteiger partial charge < -0.3 is 10.0 Å². The van der Waals surface area contributed by atoms with E-state index in [-0.39, 0.29) is 36.2 Å². The predicted octanol–water partition coefficient (Wildman–Crippen LogP) is -1.18. The van der Waals surface area contributed by atoms with Gasteiger partial charge in [-0.15, -0.1) is 0 Å². The molecule has 0 bridgehead atoms. The Bertz CT molecular complexity index is 515. The summed E-state index contributed by atoms with van der Waals surface area (Å²) in [4.78, 5) is 23.7. The molecular formula is C9H11BN6O3. The van der Waals surface area contributed by atoms with E-state index in [4.69, 9.17) is 15.6 Å². The summed E-state index contributed by atoms with van der Waals surface area (Å²) in [6.07, 6.45) is 2.79. The van der Waals surface area contributed by atoms with Crippen molar-refractivity contribution in [1.29, 1.82) is 0 Å². The largest absolute Gasteiger partial charge is 0.491 e. The molecule has 1 atom stereocenters. The standard InChI is InChI=1S/C9H11BN6O3/c11-15-14-2-6-1-8(17)16(5-6)9-12-3-7(4-13-9)10(18)19/h3-4,6,18-19H,1-2,5H2. The van der Waals surface area contributed by atoms with E-state index in [1.54, 1.807) is 0 Å². The zero-order valence-corrected chi connectivity index (χ0v) is 9.92. The zero-order chi connectivity index (χ0) is 13.8. The minimum atomic E-state index is -1.64. The number of carbonyl (C=O) groups excluding carboxylic acids is 1. The van der Waals surface area contributed by atoms with Gasteiger partial charge in [0.1, 0.15) is 0 Å². The van der Waals surface area contributed by atoms with Crippen molar-refractivity contribution in [2.75, 3.05) is 18.0 Å². The van der Waals surface area contributed by atoms with Gasteiger partial charge in [-0.05, 0) is 11.4 Å². The van der Waals surface area contributed by atoms with Crippen LogP contribution in [0.5, 0.6) is 0 Å². The van der Waals surface area contributed by atoms with Gasteiger partial charge in [0.15, 0.2) is 0 Å². The summed E-state index contributed by atoms with van der Waals surface area (Å²) in [6.45, 7) is 0.644. The number of carbonyl (C=O) groups is 1. The van der Waals surface area contributed by atoms with Gasteiger partial charge in [0.25, 0.3) is 0 Å². The first kappa shape index (κ1) is 13.3. The molecule has 2 heterocycles. The van der Waals surface area contributed by atoms with Crippen molar-refractivity contribution in [3.05, 3.63) is 22.8 Å². The summed E-state index contributed by atoms with van der Waals surface area (Å²) >= 11 is 0. The third-order valence-corrected chi connectivity index (χ3v) is 2.81. The Morgan fingerprint density at radius 2 is 2.21 bits per heavy atom. The molecule has 1 fully saturated rings. The number of rotatable bonds is 4. The highest BCUT2D eigenvalue weighted by atomic mass is 16.4. The first-order valence-corrected chi connectivity index (χ1v) is 5.61. The molecule has 98 valence electrons. The van der Waals surface area contributed by atoms with E-state index < -0.39 is 7.12 Å². The number of hydrogen-bond acceptors (Lipinski definition) is 6. The Labute approximate surface area is 108 Å². The first-order valence-electron chi connectivity index (χ1n) is 5.61. The number of hydrogen-bond donors (Lipinski definition) is 2. The van der Waals surface area contributed by atoms with Gasteiger partial charge in [0.2, 0.25) is 11.9 Å². The monoisotopic (exact) mass is 262 g/mol. The van der Waals surface area contributed by atoms with Crippen molar-refractivity contribution in [1.82, 2.24) is 9.97 Å². The molecule has 1 aromatic heterocycles. The lowest BCUT2D eigenvalue weighted by Crippen LogP contribution is -2.33. The SMILES string of the molecule is [N-]=[N+]=NCC1CC(=O)N(c2ncc(B(O)O)cn2)C1. The van der Waals surface area contributed by atoms with Gasteiger partial charge in [-0.25, -0.2) is 9.97 Å². The Balaban J connectivity index is 2.09. The predicted molar refractivity (Wildman–Crippen MR) is 66.3 cm³/mol. The van der Waals surface area contributed by atoms with Crippen molar-refractivity contribution in [2.45, 2.75) is 6.42 Å². The lowest BCUT2D eigenvalue weighted by Gasteiger charge is -2.13. The van der Waals surface area contributed by atoms with E-state index in [0.717, 1.165) is 0 Å². The molecule has 0 radical (unpaired) electrons. The summed E-state index contributed by atoms with van der Waals surface area (Å²) in [5.74, 6) is 0.0170. The van der Waals surface area contributed by atoms with Crippen molar-refractivity contribution in [3.8, 4) is 0 Å². The summed E-state index contributed by atoms with van der Waals surface area (Å²) in [6, 6.07) is 0. The van der Waals surface area contributed by atoms with Gasteiger partial charge in [0.05, 0.1) is 0 Å². The van der Waals surface area contributed by atoms with Gasteiger partial charge >= 0.3 is 7.12 Å². The molecule has 10 heteroatoms. The Hall–Kier alpha value is -2.16. The number of anilines is 1. The van der Waals surface area contributed by atoms with Crippen molar-refractivity contribution >= 4 is 24.4 Å². The summed E-state index contributed by atoms with van der Waals surface area (Å²) in [5.41, 5.74) is 8.40. The molecule has 0 aromatic carbocycles. The smallest absolute Gasteiger partial charge is 0.423 e. The highest BCUT2D eigenvalue weighted by molar-refractivity contribution is 6.58. The van der Waals surface area contributed by atoms with Crippen LogP contribution in [0.25, 0.3) is 10.4 Å². The van der Waals surface area contributed by atoms with Crippen LogP contribution in [0.3, 0.4) is 0 Å². The second kappa shape index (κ2) is 5.66. The van der Waals surface area contributed by atoms with E-state index in [1.165, 1.54) is 17.3 Å². The number of aromatic nitrogens is 2. The summed E-state index contributed by atoms with van der Waals surface area (Å²) in [7, 11) is -1.64. The van der Waals surface area contributed by atoms with Gasteiger partial charge in [0, 0.05) is 42.3 Å². The Kier molecular flexibility index (Phi) is 3.95. The average molecular weight is 262 g/mol. The van der Waals surface area contributed by atoms with Crippen molar-refractivity contribution in [2.24, 2.45) is 11.0 Å². The molecule has 19 heavy (non-hydrogen) atoms. The maximum absolute atomic E-state index is 11.8. The molecule has 9 nitrogen and oxygen atoms in total. The molecule has 1 unspecified atom stereocenters. The number of azide groups is 1. The maximum Gasteiger partial charge on any atom is 0.491 e. The number of amides is 1. The maximum atomic E-state index is 11.8. The highest BCUT2D eigenvalue weighted by Crippen LogP contribution is 2.21. The van der Waals surface area contributed by atoms with Gasteiger partial charge in [-0.3, -0.25) is 9.69 Å². The van der Waals surface area contributed by atoms with Crippen LogP contribution in [0.4, 0.5) is 5.95 Å². The summed E-state index contributed by atoms with van der Waals surface area (Å²) in [5, 5.41) is 21.3. The second-order valence-electron chi connectivity index (χ2n) is 4.18. The molecule has 0 aliphatic carbocycles. The molecule has 1 aromatic rings. The molecular weight excluding hydrogens is 251 g/mol. The molecule has 0 spiro atoms. The molecule has 1 aliphatic heterocycles. The van der Waals surface area contributed by atoms with E-state index in [1.807, 2.05) is 0 Å². The second-order valence-corrected chi connectivity index (χ2v) is 4.18. The number of nitrogens with zero attached hydrogens (tertiary/aromatic N) is 6. The fraction of sp³-hybridized carbons (Fsp3) is 0.444. The van der Waals surface area contributed by atoms with Crippen LogP contribution < -0.4 is 10.4 Å². The van der Waals surface area contributed by atoms with Crippen molar-refractivity contribution < 1.29 is 14.8 Å². The molecule has 1 aliphatic rings. The highest BCUT2D eigenvalue weighted by Gasteiger charge is 2.31. The normalized spacial score (nSPS) is 18.3. The molecule has 1 amide bonds. The van der Waals surface area contributed by atoms with Crippen LogP contribution in [0.1, 0.15) is 6.42 Å². The third kappa shape index (κ3) is 2.99. The topological polar surface area (TPSA) is 135 Å². The lowest BCUT2D eigenvalue weighted by atomic mass is 9.83. The van der Waals surface area contributed by atoms with Crippen LogP contribution in [0.15, 0.2) is 17.5 Å². The van der Waals surface area contributed by atoms with Crippen LogP contribution in [0, 0.1) is 5.92 Å². The molecule has 1 saturated heterocycles. The molecule has 2 rings (SSSR count). The summed E-state index contributed by atoms with van der Waals surface area (Å²) < 4.78 is 0. The molecule has 0 saturated carbocycles. The fourth-order valence-corrected chi connectivity index (χ4v) is 1.85.